The number of carbonyl (C=O) groups is 2. The lowest BCUT2D eigenvalue weighted by Gasteiger charge is -2.22. The van der Waals surface area contributed by atoms with Crippen molar-refractivity contribution in [3.8, 4) is 0 Å². The van der Waals surface area contributed by atoms with Crippen LogP contribution in [-0.2, 0) is 19.1 Å². The van der Waals surface area contributed by atoms with Crippen LogP contribution in [0, 0.1) is 5.92 Å². The monoisotopic (exact) mass is 554 g/mol. The van der Waals surface area contributed by atoms with Gasteiger partial charge in [0.1, 0.15) is 0 Å². The van der Waals surface area contributed by atoms with Gasteiger partial charge in [-0.05, 0) is 64.6 Å². The molecule has 0 aromatic rings. The molecule has 1 unspecified atom stereocenters. The van der Waals surface area contributed by atoms with Crippen LogP contribution in [0.4, 0.5) is 0 Å². The van der Waals surface area contributed by atoms with Crippen LogP contribution < -0.4 is 0 Å². The maximum atomic E-state index is 12.8. The van der Waals surface area contributed by atoms with Crippen molar-refractivity contribution in [2.75, 3.05) is 32.8 Å². The molecule has 0 amide bonds. The molecule has 0 bridgehead atoms. The number of nitrogens with zero attached hydrogens (tertiary/aromatic N) is 1. The molecule has 0 aromatic carbocycles. The van der Waals surface area contributed by atoms with Gasteiger partial charge in [0.05, 0.1) is 19.1 Å². The Bertz CT molecular complexity index is 539. The molecule has 0 saturated heterocycles. The third-order valence-corrected chi connectivity index (χ3v) is 7.76. The average Bonchev–Trinajstić information content (AvgIpc) is 2.92. The summed E-state index contributed by atoms with van der Waals surface area (Å²) in [4.78, 5) is 26.4. The normalized spacial score (nSPS) is 12.1. The topological polar surface area (TPSA) is 55.8 Å². The Balaban J connectivity index is 4.19. The van der Waals surface area contributed by atoms with E-state index in [1.165, 1.54) is 103 Å². The zero-order valence-electron chi connectivity index (χ0n) is 26.7. The molecule has 232 valence electrons. The molecule has 0 spiro atoms. The first-order chi connectivity index (χ1) is 19.0. The standard InChI is InChI=1S/C34H67NO4/c1-5-8-11-14-15-19-26-33(25-18-12-9-6-2)34(37)39-31-23-17-16-21-28-35(27-20-13-10-7-3)29-22-24-30-38-32(4)36/h33H,5-31H2,1-4H3. The van der Waals surface area contributed by atoms with Crippen molar-refractivity contribution >= 4 is 11.9 Å². The fourth-order valence-corrected chi connectivity index (χ4v) is 5.20. The average molecular weight is 554 g/mol. The molecule has 0 aliphatic heterocycles. The quantitative estimate of drug-likeness (QED) is 0.0654. The van der Waals surface area contributed by atoms with E-state index in [4.69, 9.17) is 9.47 Å². The minimum Gasteiger partial charge on any atom is -0.466 e. The molecule has 0 radical (unpaired) electrons. The Hall–Kier alpha value is -1.10. The van der Waals surface area contributed by atoms with Gasteiger partial charge in [-0.25, -0.2) is 0 Å². The van der Waals surface area contributed by atoms with E-state index >= 15 is 0 Å². The second-order valence-electron chi connectivity index (χ2n) is 11.6. The molecule has 0 N–H and O–H groups in total. The maximum Gasteiger partial charge on any atom is 0.308 e. The number of hydrogen-bond acceptors (Lipinski definition) is 5. The number of hydrogen-bond donors (Lipinski definition) is 0. The number of carbonyl (C=O) groups excluding carboxylic acids is 2. The number of unbranched alkanes of at least 4 members (excludes halogenated alkanes) is 15. The minimum atomic E-state index is -0.183. The van der Waals surface area contributed by atoms with Crippen molar-refractivity contribution in [1.82, 2.24) is 4.90 Å². The Morgan fingerprint density at radius 1 is 0.513 bits per heavy atom. The maximum absolute atomic E-state index is 12.8. The van der Waals surface area contributed by atoms with Gasteiger partial charge < -0.3 is 14.4 Å². The second kappa shape index (κ2) is 29.9. The van der Waals surface area contributed by atoms with Gasteiger partial charge in [0.25, 0.3) is 0 Å². The van der Waals surface area contributed by atoms with Gasteiger partial charge in [-0.1, -0.05) is 117 Å². The van der Waals surface area contributed by atoms with Gasteiger partial charge >= 0.3 is 11.9 Å². The van der Waals surface area contributed by atoms with Crippen molar-refractivity contribution in [2.45, 2.75) is 169 Å². The summed E-state index contributed by atoms with van der Waals surface area (Å²) in [5, 5.41) is 0. The van der Waals surface area contributed by atoms with Crippen LogP contribution in [0.1, 0.15) is 169 Å². The molecule has 0 saturated carbocycles. The van der Waals surface area contributed by atoms with Gasteiger partial charge in [-0.2, -0.15) is 0 Å². The lowest BCUT2D eigenvalue weighted by atomic mass is 9.94. The third kappa shape index (κ3) is 26.9. The van der Waals surface area contributed by atoms with Crippen molar-refractivity contribution < 1.29 is 19.1 Å². The fraction of sp³-hybridized carbons (Fsp3) is 0.941. The Labute approximate surface area is 243 Å². The van der Waals surface area contributed by atoms with Crippen LogP contribution in [0.25, 0.3) is 0 Å². The Morgan fingerprint density at radius 2 is 0.897 bits per heavy atom. The van der Waals surface area contributed by atoms with E-state index in [1.54, 1.807) is 0 Å². The van der Waals surface area contributed by atoms with Crippen molar-refractivity contribution in [1.29, 1.82) is 0 Å². The van der Waals surface area contributed by atoms with Gasteiger partial charge in [-0.3, -0.25) is 9.59 Å². The highest BCUT2D eigenvalue weighted by Gasteiger charge is 2.19. The zero-order chi connectivity index (χ0) is 28.8. The number of rotatable bonds is 30. The van der Waals surface area contributed by atoms with Gasteiger partial charge in [0.2, 0.25) is 0 Å². The fourth-order valence-electron chi connectivity index (χ4n) is 5.20. The highest BCUT2D eigenvalue weighted by molar-refractivity contribution is 5.72. The van der Waals surface area contributed by atoms with Crippen LogP contribution >= 0.6 is 0 Å². The molecule has 0 aliphatic rings. The van der Waals surface area contributed by atoms with Crippen LogP contribution in [-0.4, -0.2) is 49.7 Å². The van der Waals surface area contributed by atoms with Gasteiger partial charge in [0, 0.05) is 6.92 Å². The lowest BCUT2D eigenvalue weighted by molar-refractivity contribution is -0.149. The predicted molar refractivity (Wildman–Crippen MR) is 166 cm³/mol. The first kappa shape index (κ1) is 37.9. The van der Waals surface area contributed by atoms with Crippen molar-refractivity contribution in [2.24, 2.45) is 5.92 Å². The van der Waals surface area contributed by atoms with Gasteiger partial charge in [0.15, 0.2) is 0 Å². The third-order valence-electron chi connectivity index (χ3n) is 7.76. The van der Waals surface area contributed by atoms with E-state index in [2.05, 4.69) is 25.7 Å². The molecular formula is C34H67NO4. The molecule has 0 fully saturated rings. The first-order valence-corrected chi connectivity index (χ1v) is 17.1. The second-order valence-corrected chi connectivity index (χ2v) is 11.6. The molecule has 5 nitrogen and oxygen atoms in total. The van der Waals surface area contributed by atoms with Crippen LogP contribution in [0.15, 0.2) is 0 Å². The van der Waals surface area contributed by atoms with Crippen molar-refractivity contribution in [3.63, 3.8) is 0 Å². The smallest absolute Gasteiger partial charge is 0.308 e. The molecule has 0 heterocycles. The van der Waals surface area contributed by atoms with E-state index in [-0.39, 0.29) is 17.9 Å². The highest BCUT2D eigenvalue weighted by Crippen LogP contribution is 2.20. The molecule has 1 atom stereocenters. The SMILES string of the molecule is CCCCCCCCC(CCCCCC)C(=O)OCCCCCCN(CCCCCC)CCCCOC(C)=O. The summed E-state index contributed by atoms with van der Waals surface area (Å²) in [7, 11) is 0. The summed E-state index contributed by atoms with van der Waals surface area (Å²) in [6.45, 7) is 12.7. The summed E-state index contributed by atoms with van der Waals surface area (Å²) in [6, 6.07) is 0. The minimum absolute atomic E-state index is 0.0621. The Morgan fingerprint density at radius 3 is 1.46 bits per heavy atom. The predicted octanol–water partition coefficient (Wildman–Crippen LogP) is 9.65. The van der Waals surface area contributed by atoms with E-state index in [9.17, 15) is 9.59 Å². The van der Waals surface area contributed by atoms with E-state index in [0.717, 1.165) is 64.5 Å². The van der Waals surface area contributed by atoms with E-state index in [0.29, 0.717) is 13.2 Å². The largest absolute Gasteiger partial charge is 0.466 e. The van der Waals surface area contributed by atoms with Crippen molar-refractivity contribution in [3.05, 3.63) is 0 Å². The van der Waals surface area contributed by atoms with Crippen LogP contribution in [0.2, 0.25) is 0 Å². The summed E-state index contributed by atoms with van der Waals surface area (Å²) >= 11 is 0. The first-order valence-electron chi connectivity index (χ1n) is 17.1. The molecule has 0 aliphatic carbocycles. The van der Waals surface area contributed by atoms with Crippen LogP contribution in [0.5, 0.6) is 0 Å². The summed E-state index contributed by atoms with van der Waals surface area (Å²) in [5.74, 6) is -0.0143. The number of ether oxygens (including phenoxy) is 2. The van der Waals surface area contributed by atoms with Crippen LogP contribution in [0.3, 0.4) is 0 Å². The molecule has 0 rings (SSSR count). The highest BCUT2D eigenvalue weighted by atomic mass is 16.5. The summed E-state index contributed by atoms with van der Waals surface area (Å²) in [5.41, 5.74) is 0. The lowest BCUT2D eigenvalue weighted by Crippen LogP contribution is -2.27. The van der Waals surface area contributed by atoms with E-state index in [1.807, 2.05) is 0 Å². The van der Waals surface area contributed by atoms with E-state index < -0.39 is 0 Å². The summed E-state index contributed by atoms with van der Waals surface area (Å²) in [6.07, 6.45) is 26.2. The molecule has 0 aromatic heterocycles. The molecule has 39 heavy (non-hydrogen) atoms. The Kier molecular flexibility index (Phi) is 29.0. The molecular weight excluding hydrogens is 486 g/mol. The number of esters is 2. The van der Waals surface area contributed by atoms with Gasteiger partial charge in [-0.15, -0.1) is 0 Å². The summed E-state index contributed by atoms with van der Waals surface area (Å²) < 4.78 is 10.8. The zero-order valence-corrected chi connectivity index (χ0v) is 26.7. The molecule has 5 heteroatoms.